The van der Waals surface area contributed by atoms with Crippen LogP contribution in [0.3, 0.4) is 0 Å². The van der Waals surface area contributed by atoms with Crippen molar-refractivity contribution in [1.82, 2.24) is 5.32 Å². The van der Waals surface area contributed by atoms with Gasteiger partial charge in [0.1, 0.15) is 12.2 Å². The summed E-state index contributed by atoms with van der Waals surface area (Å²) in [6.45, 7) is 7.98. The summed E-state index contributed by atoms with van der Waals surface area (Å²) in [5, 5.41) is 2.27. The molecule has 0 unspecified atom stereocenters. The minimum Gasteiger partial charge on any atom is -0.493 e. The van der Waals surface area contributed by atoms with E-state index in [0.29, 0.717) is 35.8 Å². The molecule has 194 valence electrons. The molecular formula is C30H27BrN2O5. The van der Waals surface area contributed by atoms with Gasteiger partial charge in [-0.05, 0) is 85.0 Å². The number of aryl methyl sites for hydroxylation is 2. The van der Waals surface area contributed by atoms with Crippen molar-refractivity contribution >= 4 is 45.5 Å². The first-order chi connectivity index (χ1) is 18.2. The molecule has 0 aromatic heterocycles. The van der Waals surface area contributed by atoms with Crippen molar-refractivity contribution in [2.24, 2.45) is 0 Å². The molecule has 3 aromatic carbocycles. The number of imide groups is 2. The molecule has 0 spiro atoms. The first kappa shape index (κ1) is 26.9. The fourth-order valence-electron chi connectivity index (χ4n) is 4.05. The number of nitrogens with zero attached hydrogens (tertiary/aromatic N) is 1. The van der Waals surface area contributed by atoms with Gasteiger partial charge in [0.2, 0.25) is 0 Å². The van der Waals surface area contributed by atoms with Crippen LogP contribution in [-0.4, -0.2) is 25.0 Å². The van der Waals surface area contributed by atoms with Crippen molar-refractivity contribution in [3.63, 3.8) is 0 Å². The number of rotatable bonds is 8. The minimum atomic E-state index is -0.790. The van der Waals surface area contributed by atoms with E-state index in [9.17, 15) is 14.4 Å². The summed E-state index contributed by atoms with van der Waals surface area (Å²) in [6.07, 6.45) is 3.65. The lowest BCUT2D eigenvalue weighted by atomic mass is 10.0. The molecule has 0 aliphatic carbocycles. The molecule has 1 fully saturated rings. The Bertz CT molecular complexity index is 1460. The predicted molar refractivity (Wildman–Crippen MR) is 150 cm³/mol. The highest BCUT2D eigenvalue weighted by Crippen LogP contribution is 2.35. The third-order valence-corrected chi connectivity index (χ3v) is 6.72. The van der Waals surface area contributed by atoms with Crippen LogP contribution in [0, 0.1) is 13.8 Å². The number of carbonyl (C=O) groups excluding carboxylic acids is 3. The summed E-state index contributed by atoms with van der Waals surface area (Å²) in [5.41, 5.74) is 4.45. The van der Waals surface area contributed by atoms with Crippen molar-refractivity contribution in [3.05, 3.63) is 105 Å². The molecule has 38 heavy (non-hydrogen) atoms. The zero-order valence-electron chi connectivity index (χ0n) is 21.3. The number of anilines is 1. The van der Waals surface area contributed by atoms with Gasteiger partial charge in [0.05, 0.1) is 12.8 Å². The quantitative estimate of drug-likeness (QED) is 0.201. The molecule has 7 nitrogen and oxygen atoms in total. The SMILES string of the molecule is C=CCc1cc(/C=C2\C(=O)NC(=O)N(c3ccc(C)c(C)c3)C2=O)cc(OC)c1OCc1ccc(Br)cc1. The number of methoxy groups -OCH3 is 1. The summed E-state index contributed by atoms with van der Waals surface area (Å²) in [4.78, 5) is 39.6. The third kappa shape index (κ3) is 5.70. The fraction of sp³-hybridized carbons (Fsp3) is 0.167. The normalized spacial score (nSPS) is 14.5. The first-order valence-corrected chi connectivity index (χ1v) is 12.7. The lowest BCUT2D eigenvalue weighted by molar-refractivity contribution is -0.122. The van der Waals surface area contributed by atoms with E-state index in [-0.39, 0.29) is 5.57 Å². The van der Waals surface area contributed by atoms with Crippen molar-refractivity contribution in [2.45, 2.75) is 26.9 Å². The van der Waals surface area contributed by atoms with E-state index < -0.39 is 17.8 Å². The third-order valence-electron chi connectivity index (χ3n) is 6.20. The van der Waals surface area contributed by atoms with Gasteiger partial charge in [0, 0.05) is 10.0 Å². The topological polar surface area (TPSA) is 84.9 Å². The Hall–Kier alpha value is -4.17. The van der Waals surface area contributed by atoms with Gasteiger partial charge in [0.15, 0.2) is 11.5 Å². The number of amides is 4. The number of ether oxygens (including phenoxy) is 2. The number of urea groups is 1. The van der Waals surface area contributed by atoms with E-state index in [1.165, 1.54) is 13.2 Å². The Labute approximate surface area is 229 Å². The van der Waals surface area contributed by atoms with Crippen LogP contribution in [0.5, 0.6) is 11.5 Å². The zero-order valence-corrected chi connectivity index (χ0v) is 22.9. The largest absolute Gasteiger partial charge is 0.493 e. The molecule has 0 saturated carbocycles. The predicted octanol–water partition coefficient (Wildman–Crippen LogP) is 6.05. The number of benzene rings is 3. The summed E-state index contributed by atoms with van der Waals surface area (Å²) >= 11 is 3.43. The van der Waals surface area contributed by atoms with Gasteiger partial charge in [-0.25, -0.2) is 9.69 Å². The number of barbiturate groups is 1. The Morgan fingerprint density at radius 2 is 1.74 bits per heavy atom. The van der Waals surface area contributed by atoms with E-state index in [0.717, 1.165) is 31.6 Å². The van der Waals surface area contributed by atoms with Crippen LogP contribution in [0.2, 0.25) is 0 Å². The monoisotopic (exact) mass is 574 g/mol. The van der Waals surface area contributed by atoms with E-state index >= 15 is 0 Å². The molecule has 1 aliphatic rings. The van der Waals surface area contributed by atoms with Gasteiger partial charge >= 0.3 is 6.03 Å². The minimum absolute atomic E-state index is 0.169. The standard InChI is InChI=1S/C30H27BrN2O5/c1-5-6-22-14-21(16-26(37-4)27(22)38-17-20-8-10-23(31)11-9-20)15-25-28(34)32-30(36)33(29(25)35)24-12-7-18(2)19(3)13-24/h5,7-16H,1,6,17H2,2-4H3,(H,32,34,36)/b25-15+. The van der Waals surface area contributed by atoms with Gasteiger partial charge in [0.25, 0.3) is 11.8 Å². The lowest BCUT2D eigenvalue weighted by Crippen LogP contribution is -2.54. The molecule has 1 heterocycles. The Morgan fingerprint density at radius 3 is 2.39 bits per heavy atom. The molecule has 1 N–H and O–H groups in total. The highest BCUT2D eigenvalue weighted by atomic mass is 79.9. The second-order valence-electron chi connectivity index (χ2n) is 8.85. The molecule has 1 saturated heterocycles. The highest BCUT2D eigenvalue weighted by molar-refractivity contribution is 9.10. The lowest BCUT2D eigenvalue weighted by Gasteiger charge is -2.27. The average molecular weight is 575 g/mol. The van der Waals surface area contributed by atoms with Crippen LogP contribution in [0.1, 0.15) is 27.8 Å². The van der Waals surface area contributed by atoms with Crippen LogP contribution in [0.25, 0.3) is 6.08 Å². The molecule has 4 rings (SSSR count). The summed E-state index contributed by atoms with van der Waals surface area (Å²) in [5.74, 6) is -0.482. The molecule has 0 radical (unpaired) electrons. The van der Waals surface area contributed by atoms with Crippen molar-refractivity contribution in [3.8, 4) is 11.5 Å². The van der Waals surface area contributed by atoms with E-state index in [1.54, 1.807) is 24.3 Å². The average Bonchev–Trinajstić information content (AvgIpc) is 2.88. The molecule has 0 bridgehead atoms. The van der Waals surface area contributed by atoms with E-state index in [4.69, 9.17) is 9.47 Å². The zero-order chi connectivity index (χ0) is 27.4. The first-order valence-electron chi connectivity index (χ1n) is 11.9. The molecule has 4 amide bonds. The van der Waals surface area contributed by atoms with Gasteiger partial charge in [-0.1, -0.05) is 40.2 Å². The second-order valence-corrected chi connectivity index (χ2v) is 9.76. The number of hydrogen-bond acceptors (Lipinski definition) is 5. The second kappa shape index (κ2) is 11.5. The Kier molecular flexibility index (Phi) is 8.12. The van der Waals surface area contributed by atoms with Gasteiger partial charge in [-0.2, -0.15) is 0 Å². The van der Waals surface area contributed by atoms with E-state index in [2.05, 4.69) is 27.8 Å². The number of carbonyl (C=O) groups is 3. The maximum Gasteiger partial charge on any atom is 0.335 e. The van der Waals surface area contributed by atoms with E-state index in [1.807, 2.05) is 50.2 Å². The molecular weight excluding hydrogens is 548 g/mol. The van der Waals surface area contributed by atoms with Crippen LogP contribution < -0.4 is 19.7 Å². The Balaban J connectivity index is 1.70. The molecule has 8 heteroatoms. The van der Waals surface area contributed by atoms with Crippen molar-refractivity contribution < 1.29 is 23.9 Å². The van der Waals surface area contributed by atoms with Gasteiger partial charge in [-0.3, -0.25) is 14.9 Å². The molecule has 3 aromatic rings. The molecule has 1 aliphatic heterocycles. The number of allylic oxidation sites excluding steroid dienone is 1. The fourth-order valence-corrected chi connectivity index (χ4v) is 4.31. The van der Waals surface area contributed by atoms with Crippen LogP contribution in [-0.2, 0) is 22.6 Å². The van der Waals surface area contributed by atoms with Crippen molar-refractivity contribution in [2.75, 3.05) is 12.0 Å². The van der Waals surface area contributed by atoms with Crippen LogP contribution in [0.15, 0.2) is 77.3 Å². The molecule has 0 atom stereocenters. The summed E-state index contributed by atoms with van der Waals surface area (Å²) in [6, 6.07) is 15.7. The Morgan fingerprint density at radius 1 is 1.00 bits per heavy atom. The van der Waals surface area contributed by atoms with Crippen LogP contribution >= 0.6 is 15.9 Å². The van der Waals surface area contributed by atoms with Gasteiger partial charge in [-0.15, -0.1) is 6.58 Å². The van der Waals surface area contributed by atoms with Crippen LogP contribution in [0.4, 0.5) is 10.5 Å². The number of hydrogen-bond donors (Lipinski definition) is 1. The summed E-state index contributed by atoms with van der Waals surface area (Å²) in [7, 11) is 1.52. The van der Waals surface area contributed by atoms with Gasteiger partial charge < -0.3 is 9.47 Å². The smallest absolute Gasteiger partial charge is 0.335 e. The maximum absolute atomic E-state index is 13.4. The highest BCUT2D eigenvalue weighted by Gasteiger charge is 2.37. The number of halogens is 1. The summed E-state index contributed by atoms with van der Waals surface area (Å²) < 4.78 is 12.7. The maximum atomic E-state index is 13.4. The number of nitrogens with one attached hydrogen (secondary N) is 1. The van der Waals surface area contributed by atoms with Crippen molar-refractivity contribution in [1.29, 1.82) is 0 Å².